The molecule has 2 N–H and O–H groups in total. The van der Waals surface area contributed by atoms with Gasteiger partial charge in [0.2, 0.25) is 0 Å². The molecule has 0 aliphatic carbocycles. The molecule has 0 spiro atoms. The van der Waals surface area contributed by atoms with Crippen LogP contribution in [0.5, 0.6) is 0 Å². The van der Waals surface area contributed by atoms with Gasteiger partial charge in [-0.1, -0.05) is 0 Å². The Hall–Kier alpha value is -0.710. The number of Topliss-reactive ketones (excluding diaryl/α,β-unsaturated/α-hetero) is 1. The van der Waals surface area contributed by atoms with Crippen LogP contribution in [0.2, 0.25) is 0 Å². The molecule has 0 aromatic carbocycles. The quantitative estimate of drug-likeness (QED) is 0.549. The van der Waals surface area contributed by atoms with Crippen molar-refractivity contribution in [3.8, 4) is 0 Å². The van der Waals surface area contributed by atoms with E-state index < -0.39 is 0 Å². The van der Waals surface area contributed by atoms with Gasteiger partial charge < -0.3 is 10.4 Å². The number of nitrogens with one attached hydrogen (secondary N) is 1. The SMILES string of the molecule is Cc1ccsc1C(=O)CCCNCCO. The van der Waals surface area contributed by atoms with Gasteiger partial charge in [-0.05, 0) is 36.9 Å². The van der Waals surface area contributed by atoms with Crippen LogP contribution in [-0.2, 0) is 0 Å². The summed E-state index contributed by atoms with van der Waals surface area (Å²) >= 11 is 1.52. The number of aryl methyl sites for hydroxylation is 1. The van der Waals surface area contributed by atoms with Gasteiger partial charge in [0.25, 0.3) is 0 Å². The number of aliphatic hydroxyl groups excluding tert-OH is 1. The summed E-state index contributed by atoms with van der Waals surface area (Å²) in [4.78, 5) is 12.6. The number of aliphatic hydroxyl groups is 1. The van der Waals surface area contributed by atoms with Crippen LogP contribution in [0.1, 0.15) is 28.1 Å². The Morgan fingerprint density at radius 3 is 2.93 bits per heavy atom. The summed E-state index contributed by atoms with van der Waals surface area (Å²) in [5.41, 5.74) is 1.08. The van der Waals surface area contributed by atoms with Crippen molar-refractivity contribution >= 4 is 17.1 Å². The number of rotatable bonds is 7. The van der Waals surface area contributed by atoms with Gasteiger partial charge in [0.1, 0.15) is 0 Å². The maximum atomic E-state index is 11.7. The Kier molecular flexibility index (Phi) is 5.53. The van der Waals surface area contributed by atoms with Crippen LogP contribution in [0, 0.1) is 6.92 Å². The first-order valence-corrected chi connectivity index (χ1v) is 6.02. The third-order valence-corrected chi connectivity index (χ3v) is 3.22. The molecule has 0 saturated carbocycles. The zero-order valence-electron chi connectivity index (χ0n) is 8.95. The highest BCUT2D eigenvalue weighted by Crippen LogP contribution is 2.17. The zero-order chi connectivity index (χ0) is 11.1. The van der Waals surface area contributed by atoms with E-state index in [4.69, 9.17) is 5.11 Å². The molecule has 0 radical (unpaired) electrons. The molecule has 0 saturated heterocycles. The van der Waals surface area contributed by atoms with Crippen LogP contribution < -0.4 is 5.32 Å². The maximum absolute atomic E-state index is 11.7. The molecule has 84 valence electrons. The minimum Gasteiger partial charge on any atom is -0.395 e. The normalized spacial score (nSPS) is 10.5. The molecule has 3 nitrogen and oxygen atoms in total. The molecule has 0 aliphatic heterocycles. The second kappa shape index (κ2) is 6.71. The van der Waals surface area contributed by atoms with Crippen molar-refractivity contribution in [1.82, 2.24) is 5.32 Å². The van der Waals surface area contributed by atoms with E-state index in [-0.39, 0.29) is 12.4 Å². The molecule has 15 heavy (non-hydrogen) atoms. The van der Waals surface area contributed by atoms with E-state index in [1.54, 1.807) is 0 Å². The van der Waals surface area contributed by atoms with Crippen LogP contribution in [0.4, 0.5) is 0 Å². The molecule has 0 amide bonds. The Bertz CT molecular complexity index is 309. The fraction of sp³-hybridized carbons (Fsp3) is 0.545. The summed E-state index contributed by atoms with van der Waals surface area (Å²) in [5, 5.41) is 13.5. The molecule has 1 rings (SSSR count). The minimum absolute atomic E-state index is 0.151. The van der Waals surface area contributed by atoms with Crippen molar-refractivity contribution in [2.75, 3.05) is 19.7 Å². The maximum Gasteiger partial charge on any atom is 0.173 e. The minimum atomic E-state index is 0.151. The Balaban J connectivity index is 2.22. The van der Waals surface area contributed by atoms with Gasteiger partial charge >= 0.3 is 0 Å². The smallest absolute Gasteiger partial charge is 0.173 e. The van der Waals surface area contributed by atoms with Gasteiger partial charge in [0.15, 0.2) is 5.78 Å². The van der Waals surface area contributed by atoms with Crippen molar-refractivity contribution < 1.29 is 9.90 Å². The summed E-state index contributed by atoms with van der Waals surface area (Å²) in [6.07, 6.45) is 1.41. The monoisotopic (exact) mass is 227 g/mol. The highest BCUT2D eigenvalue weighted by Gasteiger charge is 2.09. The number of ketones is 1. The lowest BCUT2D eigenvalue weighted by Gasteiger charge is -2.02. The number of thiophene rings is 1. The fourth-order valence-electron chi connectivity index (χ4n) is 1.35. The number of carbonyl (C=O) groups excluding carboxylic acids is 1. The summed E-state index contributed by atoms with van der Waals surface area (Å²) in [6, 6.07) is 1.97. The second-order valence-electron chi connectivity index (χ2n) is 3.43. The molecule has 1 heterocycles. The highest BCUT2D eigenvalue weighted by molar-refractivity contribution is 7.12. The second-order valence-corrected chi connectivity index (χ2v) is 4.35. The largest absolute Gasteiger partial charge is 0.395 e. The number of hydrogen-bond acceptors (Lipinski definition) is 4. The molecule has 0 aliphatic rings. The van der Waals surface area contributed by atoms with Crippen LogP contribution >= 0.6 is 11.3 Å². The van der Waals surface area contributed by atoms with E-state index in [0.717, 1.165) is 23.4 Å². The molecule has 1 aromatic heterocycles. The van der Waals surface area contributed by atoms with Crippen LogP contribution in [0.25, 0.3) is 0 Å². The topological polar surface area (TPSA) is 49.3 Å². The van der Waals surface area contributed by atoms with Crippen LogP contribution in [0.3, 0.4) is 0 Å². The predicted octanol–water partition coefficient (Wildman–Crippen LogP) is 1.60. The van der Waals surface area contributed by atoms with E-state index >= 15 is 0 Å². The summed E-state index contributed by atoms with van der Waals surface area (Å²) in [5.74, 6) is 0.230. The van der Waals surface area contributed by atoms with Gasteiger partial charge in [0, 0.05) is 13.0 Å². The van der Waals surface area contributed by atoms with Crippen molar-refractivity contribution in [3.63, 3.8) is 0 Å². The van der Waals surface area contributed by atoms with Gasteiger partial charge in [-0.2, -0.15) is 0 Å². The molecule has 0 bridgehead atoms. The van der Waals surface area contributed by atoms with Gasteiger partial charge in [-0.3, -0.25) is 4.79 Å². The Labute approximate surface area is 94.1 Å². The number of carbonyl (C=O) groups is 1. The van der Waals surface area contributed by atoms with E-state index in [1.807, 2.05) is 18.4 Å². The van der Waals surface area contributed by atoms with Gasteiger partial charge in [0.05, 0.1) is 11.5 Å². The summed E-state index contributed by atoms with van der Waals surface area (Å²) < 4.78 is 0. The van der Waals surface area contributed by atoms with Crippen LogP contribution in [-0.4, -0.2) is 30.6 Å². The standard InChI is InChI=1S/C11H17NO2S/c1-9-4-8-15-11(9)10(14)3-2-5-12-6-7-13/h4,8,12-13H,2-3,5-7H2,1H3. The lowest BCUT2D eigenvalue weighted by Crippen LogP contribution is -2.19. The summed E-state index contributed by atoms with van der Waals surface area (Å²) in [7, 11) is 0. The first kappa shape index (κ1) is 12.4. The van der Waals surface area contributed by atoms with E-state index in [2.05, 4.69) is 5.32 Å². The molecule has 0 unspecified atom stereocenters. The average Bonchev–Trinajstić information content (AvgIpc) is 2.64. The van der Waals surface area contributed by atoms with Crippen molar-refractivity contribution in [1.29, 1.82) is 0 Å². The highest BCUT2D eigenvalue weighted by atomic mass is 32.1. The first-order valence-electron chi connectivity index (χ1n) is 5.14. The fourth-order valence-corrected chi connectivity index (χ4v) is 2.25. The van der Waals surface area contributed by atoms with Gasteiger partial charge in [-0.25, -0.2) is 0 Å². The molecule has 0 fully saturated rings. The molecule has 0 atom stereocenters. The first-order chi connectivity index (χ1) is 7.25. The third-order valence-electron chi connectivity index (χ3n) is 2.16. The predicted molar refractivity (Wildman–Crippen MR) is 62.6 cm³/mol. The molecule has 1 aromatic rings. The zero-order valence-corrected chi connectivity index (χ0v) is 9.77. The molecular formula is C11H17NO2S. The third kappa shape index (κ3) is 4.11. The Morgan fingerprint density at radius 2 is 2.33 bits per heavy atom. The van der Waals surface area contributed by atoms with E-state index in [9.17, 15) is 4.79 Å². The van der Waals surface area contributed by atoms with Crippen molar-refractivity contribution in [3.05, 3.63) is 21.9 Å². The average molecular weight is 227 g/mol. The van der Waals surface area contributed by atoms with E-state index in [0.29, 0.717) is 13.0 Å². The summed E-state index contributed by atoms with van der Waals surface area (Å²) in [6.45, 7) is 3.51. The van der Waals surface area contributed by atoms with Gasteiger partial charge in [-0.15, -0.1) is 11.3 Å². The van der Waals surface area contributed by atoms with Crippen molar-refractivity contribution in [2.24, 2.45) is 0 Å². The van der Waals surface area contributed by atoms with E-state index in [1.165, 1.54) is 11.3 Å². The molecule has 4 heteroatoms. The lowest BCUT2D eigenvalue weighted by atomic mass is 10.1. The van der Waals surface area contributed by atoms with Crippen molar-refractivity contribution in [2.45, 2.75) is 19.8 Å². The Morgan fingerprint density at radius 1 is 1.53 bits per heavy atom. The van der Waals surface area contributed by atoms with Crippen LogP contribution in [0.15, 0.2) is 11.4 Å². The molecular weight excluding hydrogens is 210 g/mol. The number of hydrogen-bond donors (Lipinski definition) is 2. The lowest BCUT2D eigenvalue weighted by molar-refractivity contribution is 0.0983.